The lowest BCUT2D eigenvalue weighted by Gasteiger charge is -2.29. The number of unbranched alkanes of at least 4 members (excludes halogenated alkanes) is 5. The summed E-state index contributed by atoms with van der Waals surface area (Å²) < 4.78 is 12.2. The molecule has 1 aliphatic rings. The Balaban J connectivity index is 1.70. The van der Waals surface area contributed by atoms with E-state index in [1.54, 1.807) is 0 Å². The minimum absolute atomic E-state index is 0.269. The molecule has 1 aromatic carbocycles. The number of hydrogen-bond acceptors (Lipinski definition) is 2. The Bertz CT molecular complexity index is 530. The molecule has 1 aliphatic carbocycles. The molecular weight excluding hydrogens is 380 g/mol. The molecule has 2 rings (SSSR count). The molecule has 0 spiro atoms. The van der Waals surface area contributed by atoms with Crippen LogP contribution in [0.25, 0.3) is 0 Å². The second kappa shape index (κ2) is 16.6. The molecule has 1 fully saturated rings. The van der Waals surface area contributed by atoms with Crippen LogP contribution in [-0.2, 0) is 4.74 Å². The van der Waals surface area contributed by atoms with Gasteiger partial charge in [0.15, 0.2) is 0 Å². The van der Waals surface area contributed by atoms with Gasteiger partial charge >= 0.3 is 0 Å². The first-order chi connectivity index (χ1) is 15.3. The average Bonchev–Trinajstić information content (AvgIpc) is 2.80. The minimum Gasteiger partial charge on any atom is -0.490 e. The third-order valence-corrected chi connectivity index (χ3v) is 7.05. The lowest BCUT2D eigenvalue weighted by atomic mass is 9.77. The molecule has 0 N–H and O–H groups in total. The first-order valence-electron chi connectivity index (χ1n) is 13.6. The zero-order valence-electron chi connectivity index (χ0n) is 20.9. The van der Waals surface area contributed by atoms with E-state index in [1.807, 2.05) is 0 Å². The van der Waals surface area contributed by atoms with Crippen molar-refractivity contribution in [3.63, 3.8) is 0 Å². The highest BCUT2D eigenvalue weighted by atomic mass is 16.5. The van der Waals surface area contributed by atoms with E-state index >= 15 is 0 Å². The van der Waals surface area contributed by atoms with Crippen molar-refractivity contribution >= 4 is 0 Å². The molecule has 1 atom stereocenters. The summed E-state index contributed by atoms with van der Waals surface area (Å²) in [5.74, 6) is 2.76. The summed E-state index contributed by atoms with van der Waals surface area (Å²) in [4.78, 5) is 0. The van der Waals surface area contributed by atoms with Gasteiger partial charge in [-0.3, -0.25) is 0 Å². The zero-order chi connectivity index (χ0) is 22.2. The summed E-state index contributed by atoms with van der Waals surface area (Å²) >= 11 is 0. The quantitative estimate of drug-likeness (QED) is 0.229. The SMILES string of the molecule is CCCCCCOCCC(CCC)Oc1ccc([C@H]2CC[C@H](CCCCC)CC2)cc1. The summed E-state index contributed by atoms with van der Waals surface area (Å²) in [5.41, 5.74) is 1.52. The van der Waals surface area contributed by atoms with Crippen molar-refractivity contribution in [1.29, 1.82) is 0 Å². The first-order valence-corrected chi connectivity index (χ1v) is 13.6. The van der Waals surface area contributed by atoms with Crippen LogP contribution in [0.1, 0.15) is 129 Å². The van der Waals surface area contributed by atoms with Crippen LogP contribution < -0.4 is 4.74 Å². The highest BCUT2D eigenvalue weighted by molar-refractivity contribution is 5.30. The van der Waals surface area contributed by atoms with Crippen molar-refractivity contribution < 1.29 is 9.47 Å². The number of ether oxygens (including phenoxy) is 2. The fraction of sp³-hybridized carbons (Fsp3) is 0.793. The molecule has 1 aromatic rings. The Kier molecular flexibility index (Phi) is 14.0. The summed E-state index contributed by atoms with van der Waals surface area (Å²) in [5, 5.41) is 0. The third kappa shape index (κ3) is 10.9. The van der Waals surface area contributed by atoms with Crippen molar-refractivity contribution in [2.24, 2.45) is 5.92 Å². The van der Waals surface area contributed by atoms with Crippen LogP contribution in [0, 0.1) is 5.92 Å². The maximum atomic E-state index is 6.33. The molecule has 0 aromatic heterocycles. The van der Waals surface area contributed by atoms with Crippen LogP contribution in [-0.4, -0.2) is 19.3 Å². The molecule has 31 heavy (non-hydrogen) atoms. The summed E-state index contributed by atoms with van der Waals surface area (Å²) in [6.45, 7) is 8.51. The predicted octanol–water partition coefficient (Wildman–Crippen LogP) is 9.08. The van der Waals surface area contributed by atoms with Crippen molar-refractivity contribution in [3.05, 3.63) is 29.8 Å². The second-order valence-electron chi connectivity index (χ2n) is 9.77. The largest absolute Gasteiger partial charge is 0.490 e. The molecule has 1 saturated carbocycles. The molecule has 1 unspecified atom stereocenters. The minimum atomic E-state index is 0.269. The van der Waals surface area contributed by atoms with Gasteiger partial charge in [-0.25, -0.2) is 0 Å². The van der Waals surface area contributed by atoms with Gasteiger partial charge < -0.3 is 9.47 Å². The Morgan fingerprint density at radius 2 is 1.45 bits per heavy atom. The Morgan fingerprint density at radius 3 is 2.13 bits per heavy atom. The fourth-order valence-electron chi connectivity index (χ4n) is 5.01. The normalized spacial score (nSPS) is 20.0. The highest BCUT2D eigenvalue weighted by Gasteiger charge is 2.22. The van der Waals surface area contributed by atoms with E-state index in [-0.39, 0.29) is 6.10 Å². The molecule has 0 amide bonds. The van der Waals surface area contributed by atoms with Gasteiger partial charge in [0.25, 0.3) is 0 Å². The highest BCUT2D eigenvalue weighted by Crippen LogP contribution is 2.38. The monoisotopic (exact) mass is 430 g/mol. The topological polar surface area (TPSA) is 18.5 Å². The maximum Gasteiger partial charge on any atom is 0.119 e. The van der Waals surface area contributed by atoms with E-state index in [4.69, 9.17) is 9.47 Å². The third-order valence-electron chi connectivity index (χ3n) is 7.05. The molecule has 0 heterocycles. The predicted molar refractivity (Wildman–Crippen MR) is 134 cm³/mol. The van der Waals surface area contributed by atoms with E-state index < -0.39 is 0 Å². The van der Waals surface area contributed by atoms with Gasteiger partial charge in [-0.05, 0) is 68.1 Å². The molecule has 2 heteroatoms. The van der Waals surface area contributed by atoms with Gasteiger partial charge in [-0.1, -0.05) is 84.3 Å². The molecule has 0 saturated heterocycles. The van der Waals surface area contributed by atoms with Crippen molar-refractivity contribution in [2.75, 3.05) is 13.2 Å². The van der Waals surface area contributed by atoms with Crippen molar-refractivity contribution in [1.82, 2.24) is 0 Å². The second-order valence-corrected chi connectivity index (χ2v) is 9.77. The molecule has 178 valence electrons. The van der Waals surface area contributed by atoms with E-state index in [1.165, 1.54) is 82.6 Å². The van der Waals surface area contributed by atoms with E-state index in [0.29, 0.717) is 0 Å². The van der Waals surface area contributed by atoms with Crippen LogP contribution in [0.15, 0.2) is 24.3 Å². The smallest absolute Gasteiger partial charge is 0.119 e. The van der Waals surface area contributed by atoms with E-state index in [2.05, 4.69) is 45.0 Å². The van der Waals surface area contributed by atoms with Crippen LogP contribution in [0.2, 0.25) is 0 Å². The molecular formula is C29H50O2. The van der Waals surface area contributed by atoms with Gasteiger partial charge in [0, 0.05) is 13.0 Å². The van der Waals surface area contributed by atoms with Crippen molar-refractivity contribution in [2.45, 2.75) is 129 Å². The zero-order valence-corrected chi connectivity index (χ0v) is 20.9. The number of hydrogen-bond donors (Lipinski definition) is 0. The Morgan fingerprint density at radius 1 is 0.742 bits per heavy atom. The maximum absolute atomic E-state index is 6.33. The molecule has 0 bridgehead atoms. The van der Waals surface area contributed by atoms with Gasteiger partial charge in [0.05, 0.1) is 6.61 Å². The number of benzene rings is 1. The Hall–Kier alpha value is -1.02. The van der Waals surface area contributed by atoms with Gasteiger partial charge in [-0.15, -0.1) is 0 Å². The van der Waals surface area contributed by atoms with Crippen LogP contribution in [0.4, 0.5) is 0 Å². The fourth-order valence-corrected chi connectivity index (χ4v) is 5.01. The first kappa shape index (κ1) is 26.2. The van der Waals surface area contributed by atoms with Crippen LogP contribution >= 0.6 is 0 Å². The number of rotatable bonds is 17. The standard InChI is InChI=1S/C29H50O2/c1-4-7-9-11-23-30-24-22-28(12-6-3)31-29-20-18-27(19-21-29)26-16-14-25(15-17-26)13-10-8-5-2/h18-21,25-26,28H,4-17,22-24H2,1-3H3/t25-,26-,28?. The van der Waals surface area contributed by atoms with Gasteiger partial charge in [-0.2, -0.15) is 0 Å². The lowest BCUT2D eigenvalue weighted by Crippen LogP contribution is -2.19. The average molecular weight is 431 g/mol. The summed E-state index contributed by atoms with van der Waals surface area (Å²) in [6.07, 6.45) is 19.8. The van der Waals surface area contributed by atoms with Gasteiger partial charge in [0.1, 0.15) is 11.9 Å². The van der Waals surface area contributed by atoms with Crippen molar-refractivity contribution in [3.8, 4) is 5.75 Å². The summed E-state index contributed by atoms with van der Waals surface area (Å²) in [7, 11) is 0. The van der Waals surface area contributed by atoms with Gasteiger partial charge in [0.2, 0.25) is 0 Å². The van der Waals surface area contributed by atoms with Crippen LogP contribution in [0.3, 0.4) is 0 Å². The summed E-state index contributed by atoms with van der Waals surface area (Å²) in [6, 6.07) is 9.06. The van der Waals surface area contributed by atoms with E-state index in [0.717, 1.165) is 50.1 Å². The lowest BCUT2D eigenvalue weighted by molar-refractivity contribution is 0.0861. The molecule has 0 aliphatic heterocycles. The molecule has 0 radical (unpaired) electrons. The van der Waals surface area contributed by atoms with E-state index in [9.17, 15) is 0 Å². The van der Waals surface area contributed by atoms with Crippen LogP contribution in [0.5, 0.6) is 5.75 Å². The Labute approximate surface area is 193 Å². The molecule has 2 nitrogen and oxygen atoms in total.